The number of ether oxygens (including phenoxy) is 2. The molecule has 0 aromatic carbocycles. The van der Waals surface area contributed by atoms with E-state index < -0.39 is 5.79 Å². The Kier molecular flexibility index (Phi) is 3.06. The van der Waals surface area contributed by atoms with Gasteiger partial charge in [-0.3, -0.25) is 0 Å². The van der Waals surface area contributed by atoms with E-state index in [9.17, 15) is 0 Å². The van der Waals surface area contributed by atoms with Crippen molar-refractivity contribution in [2.75, 3.05) is 6.61 Å². The normalized spacial score (nSPS) is 34.9. The molecule has 0 aromatic heterocycles. The zero-order valence-corrected chi connectivity index (χ0v) is 7.58. The van der Waals surface area contributed by atoms with E-state index in [4.69, 9.17) is 9.47 Å². The minimum atomic E-state index is -0.424. The van der Waals surface area contributed by atoms with Crippen LogP contribution < -0.4 is 0 Å². The molecule has 0 saturated carbocycles. The van der Waals surface area contributed by atoms with Crippen LogP contribution in [0.5, 0.6) is 0 Å². The quantitative estimate of drug-likeness (QED) is 0.599. The van der Waals surface area contributed by atoms with Crippen LogP contribution in [0.4, 0.5) is 0 Å². The van der Waals surface area contributed by atoms with Crippen LogP contribution in [0.3, 0.4) is 0 Å². The van der Waals surface area contributed by atoms with Crippen LogP contribution in [0.15, 0.2) is 25.3 Å². The molecular formula is C10H16O2. The molecule has 0 N–H and O–H groups in total. The smallest absolute Gasteiger partial charge is 0.166 e. The SMILES string of the molecule is C=CCCC1(C)OCC(C=C)O1. The molecule has 1 fully saturated rings. The lowest BCUT2D eigenvalue weighted by Crippen LogP contribution is -2.25. The van der Waals surface area contributed by atoms with Crippen molar-refractivity contribution in [2.24, 2.45) is 0 Å². The third kappa shape index (κ3) is 2.19. The molecule has 12 heavy (non-hydrogen) atoms. The molecule has 68 valence electrons. The molecule has 0 amide bonds. The second kappa shape index (κ2) is 3.87. The maximum Gasteiger partial charge on any atom is 0.166 e. The average molecular weight is 168 g/mol. The van der Waals surface area contributed by atoms with Gasteiger partial charge in [0.25, 0.3) is 0 Å². The van der Waals surface area contributed by atoms with E-state index in [1.807, 2.05) is 13.0 Å². The Morgan fingerprint density at radius 2 is 2.33 bits per heavy atom. The van der Waals surface area contributed by atoms with Gasteiger partial charge in [0.1, 0.15) is 6.10 Å². The van der Waals surface area contributed by atoms with Crippen molar-refractivity contribution in [1.82, 2.24) is 0 Å². The topological polar surface area (TPSA) is 18.5 Å². The maximum absolute atomic E-state index is 5.61. The van der Waals surface area contributed by atoms with E-state index in [1.54, 1.807) is 6.08 Å². The Morgan fingerprint density at radius 3 is 2.83 bits per heavy atom. The van der Waals surface area contributed by atoms with Gasteiger partial charge in [-0.1, -0.05) is 12.2 Å². The number of hydrogen-bond acceptors (Lipinski definition) is 2. The zero-order valence-electron chi connectivity index (χ0n) is 7.58. The molecule has 2 atom stereocenters. The van der Waals surface area contributed by atoms with Crippen LogP contribution in [-0.4, -0.2) is 18.5 Å². The van der Waals surface area contributed by atoms with E-state index in [-0.39, 0.29) is 6.10 Å². The molecule has 0 aliphatic carbocycles. The van der Waals surface area contributed by atoms with Crippen LogP contribution in [0, 0.1) is 0 Å². The predicted octanol–water partition coefficient (Wildman–Crippen LogP) is 2.27. The summed E-state index contributed by atoms with van der Waals surface area (Å²) in [7, 11) is 0. The third-order valence-corrected chi connectivity index (χ3v) is 2.02. The highest BCUT2D eigenvalue weighted by molar-refractivity contribution is 4.87. The molecule has 2 unspecified atom stereocenters. The highest BCUT2D eigenvalue weighted by Gasteiger charge is 2.34. The standard InChI is InChI=1S/C10H16O2/c1-4-6-7-10(3)11-8-9(5-2)12-10/h4-5,9H,1-2,6-8H2,3H3. The molecule has 1 rings (SSSR count). The van der Waals surface area contributed by atoms with Crippen LogP contribution in [0.25, 0.3) is 0 Å². The third-order valence-electron chi connectivity index (χ3n) is 2.02. The monoisotopic (exact) mass is 168 g/mol. The zero-order chi connectivity index (χ0) is 9.03. The molecule has 1 aliphatic rings. The van der Waals surface area contributed by atoms with Crippen LogP contribution in [0.1, 0.15) is 19.8 Å². The van der Waals surface area contributed by atoms with Gasteiger partial charge in [-0.2, -0.15) is 0 Å². The largest absolute Gasteiger partial charge is 0.347 e. The predicted molar refractivity (Wildman–Crippen MR) is 48.9 cm³/mol. The molecule has 0 aromatic rings. The lowest BCUT2D eigenvalue weighted by molar-refractivity contribution is -0.152. The van der Waals surface area contributed by atoms with Crippen LogP contribution in [0.2, 0.25) is 0 Å². The Labute approximate surface area is 73.9 Å². The first-order valence-electron chi connectivity index (χ1n) is 4.25. The summed E-state index contributed by atoms with van der Waals surface area (Å²) >= 11 is 0. The summed E-state index contributed by atoms with van der Waals surface area (Å²) in [5, 5.41) is 0. The minimum absolute atomic E-state index is 0.0554. The number of allylic oxidation sites excluding steroid dienone is 1. The van der Waals surface area contributed by atoms with Gasteiger partial charge in [0.2, 0.25) is 0 Å². The fraction of sp³-hybridized carbons (Fsp3) is 0.600. The van der Waals surface area contributed by atoms with Crippen molar-refractivity contribution < 1.29 is 9.47 Å². The summed E-state index contributed by atoms with van der Waals surface area (Å²) in [6.07, 6.45) is 5.49. The van der Waals surface area contributed by atoms with Crippen molar-refractivity contribution in [3.8, 4) is 0 Å². The second-order valence-electron chi connectivity index (χ2n) is 3.16. The van der Waals surface area contributed by atoms with Crippen molar-refractivity contribution >= 4 is 0 Å². The van der Waals surface area contributed by atoms with Gasteiger partial charge < -0.3 is 9.47 Å². The first-order valence-corrected chi connectivity index (χ1v) is 4.25. The summed E-state index contributed by atoms with van der Waals surface area (Å²) in [5.41, 5.74) is 0. The Bertz CT molecular complexity index is 177. The van der Waals surface area contributed by atoms with Crippen LogP contribution in [-0.2, 0) is 9.47 Å². The van der Waals surface area contributed by atoms with Gasteiger partial charge in [0, 0.05) is 6.42 Å². The Hall–Kier alpha value is -0.600. The molecule has 2 nitrogen and oxygen atoms in total. The molecule has 0 radical (unpaired) electrons. The first-order chi connectivity index (χ1) is 5.70. The van der Waals surface area contributed by atoms with E-state index >= 15 is 0 Å². The van der Waals surface area contributed by atoms with E-state index in [0.29, 0.717) is 6.61 Å². The van der Waals surface area contributed by atoms with E-state index in [2.05, 4.69) is 13.2 Å². The summed E-state index contributed by atoms with van der Waals surface area (Å²) in [6.45, 7) is 9.90. The van der Waals surface area contributed by atoms with Gasteiger partial charge in [-0.05, 0) is 13.3 Å². The molecular weight excluding hydrogens is 152 g/mol. The van der Waals surface area contributed by atoms with Gasteiger partial charge in [0.15, 0.2) is 5.79 Å². The highest BCUT2D eigenvalue weighted by Crippen LogP contribution is 2.28. The van der Waals surface area contributed by atoms with Crippen molar-refractivity contribution in [3.05, 3.63) is 25.3 Å². The van der Waals surface area contributed by atoms with Gasteiger partial charge in [0.05, 0.1) is 6.61 Å². The van der Waals surface area contributed by atoms with Crippen LogP contribution >= 0.6 is 0 Å². The lowest BCUT2D eigenvalue weighted by Gasteiger charge is -2.21. The fourth-order valence-electron chi connectivity index (χ4n) is 1.26. The van der Waals surface area contributed by atoms with Crippen molar-refractivity contribution in [2.45, 2.75) is 31.7 Å². The average Bonchev–Trinajstić information content (AvgIpc) is 2.45. The molecule has 1 heterocycles. The first kappa shape index (κ1) is 9.49. The summed E-state index contributed by atoms with van der Waals surface area (Å²) < 4.78 is 11.1. The molecule has 0 spiro atoms. The van der Waals surface area contributed by atoms with Gasteiger partial charge in [-0.25, -0.2) is 0 Å². The molecule has 1 aliphatic heterocycles. The lowest BCUT2D eigenvalue weighted by atomic mass is 10.2. The Balaban J connectivity index is 2.40. The van der Waals surface area contributed by atoms with E-state index in [0.717, 1.165) is 12.8 Å². The second-order valence-corrected chi connectivity index (χ2v) is 3.16. The minimum Gasteiger partial charge on any atom is -0.347 e. The maximum atomic E-state index is 5.61. The van der Waals surface area contributed by atoms with Crippen molar-refractivity contribution in [3.63, 3.8) is 0 Å². The highest BCUT2D eigenvalue weighted by atomic mass is 16.7. The number of rotatable bonds is 4. The van der Waals surface area contributed by atoms with E-state index in [1.165, 1.54) is 0 Å². The van der Waals surface area contributed by atoms with Gasteiger partial charge >= 0.3 is 0 Å². The fourth-order valence-corrected chi connectivity index (χ4v) is 1.26. The summed E-state index contributed by atoms with van der Waals surface area (Å²) in [4.78, 5) is 0. The van der Waals surface area contributed by atoms with Crippen molar-refractivity contribution in [1.29, 1.82) is 0 Å². The van der Waals surface area contributed by atoms with Gasteiger partial charge in [-0.15, -0.1) is 13.2 Å². The summed E-state index contributed by atoms with van der Waals surface area (Å²) in [6, 6.07) is 0. The summed E-state index contributed by atoms with van der Waals surface area (Å²) in [5.74, 6) is -0.424. The molecule has 0 bridgehead atoms. The number of hydrogen-bond donors (Lipinski definition) is 0. The molecule has 2 heteroatoms. The molecule has 1 saturated heterocycles. The Morgan fingerprint density at radius 1 is 1.58 bits per heavy atom.